The second kappa shape index (κ2) is 7.11. The molecule has 0 saturated carbocycles. The Hall–Kier alpha value is -1.59. The van der Waals surface area contributed by atoms with E-state index in [0.29, 0.717) is 13.2 Å². The zero-order valence-corrected chi connectivity index (χ0v) is 13.3. The standard InChI is InChI=1S/C17H25N3O2/c1-15(17(21)20-11-13-22-14-12-20)18-7-9-19(10-8-18)16-5-3-2-4-6-16/h2-6,15H,7-14H2,1H3. The molecular weight excluding hydrogens is 278 g/mol. The summed E-state index contributed by atoms with van der Waals surface area (Å²) in [6, 6.07) is 10.5. The molecule has 120 valence electrons. The van der Waals surface area contributed by atoms with Gasteiger partial charge in [0.25, 0.3) is 0 Å². The van der Waals surface area contributed by atoms with Crippen LogP contribution in [-0.4, -0.2) is 74.2 Å². The van der Waals surface area contributed by atoms with E-state index in [1.807, 2.05) is 17.9 Å². The second-order valence-electron chi connectivity index (χ2n) is 5.97. The van der Waals surface area contributed by atoms with E-state index in [1.54, 1.807) is 0 Å². The molecule has 0 aromatic heterocycles. The number of anilines is 1. The third-order valence-corrected chi connectivity index (χ3v) is 4.66. The Morgan fingerprint density at radius 2 is 1.64 bits per heavy atom. The highest BCUT2D eigenvalue weighted by atomic mass is 16.5. The number of hydrogen-bond acceptors (Lipinski definition) is 4. The SMILES string of the molecule is CC(C(=O)N1CCOCC1)N1CCN(c2ccccc2)CC1. The van der Waals surface area contributed by atoms with E-state index >= 15 is 0 Å². The van der Waals surface area contributed by atoms with E-state index in [9.17, 15) is 4.79 Å². The van der Waals surface area contributed by atoms with Gasteiger partial charge >= 0.3 is 0 Å². The zero-order chi connectivity index (χ0) is 15.4. The van der Waals surface area contributed by atoms with Gasteiger partial charge < -0.3 is 14.5 Å². The Bertz CT molecular complexity index is 480. The molecule has 1 atom stereocenters. The highest BCUT2D eigenvalue weighted by Crippen LogP contribution is 2.17. The molecule has 2 aliphatic rings. The summed E-state index contributed by atoms with van der Waals surface area (Å²) in [5.41, 5.74) is 1.27. The summed E-state index contributed by atoms with van der Waals surface area (Å²) >= 11 is 0. The monoisotopic (exact) mass is 303 g/mol. The van der Waals surface area contributed by atoms with Crippen molar-refractivity contribution in [2.75, 3.05) is 57.4 Å². The topological polar surface area (TPSA) is 36.0 Å². The number of piperazine rings is 1. The van der Waals surface area contributed by atoms with Gasteiger partial charge in [-0.25, -0.2) is 0 Å². The first kappa shape index (κ1) is 15.3. The summed E-state index contributed by atoms with van der Waals surface area (Å²) in [5.74, 6) is 0.247. The van der Waals surface area contributed by atoms with Gasteiger partial charge in [0.05, 0.1) is 19.3 Å². The van der Waals surface area contributed by atoms with Crippen LogP contribution in [0.4, 0.5) is 5.69 Å². The lowest BCUT2D eigenvalue weighted by molar-refractivity contribution is -0.140. The molecule has 0 spiro atoms. The van der Waals surface area contributed by atoms with E-state index in [1.165, 1.54) is 5.69 Å². The van der Waals surface area contributed by atoms with Crippen molar-refractivity contribution in [2.45, 2.75) is 13.0 Å². The molecule has 0 aliphatic carbocycles. The Morgan fingerprint density at radius 3 is 2.27 bits per heavy atom. The van der Waals surface area contributed by atoms with Crippen LogP contribution < -0.4 is 4.90 Å². The van der Waals surface area contributed by atoms with Gasteiger partial charge in [0.1, 0.15) is 0 Å². The lowest BCUT2D eigenvalue weighted by Gasteiger charge is -2.40. The summed E-state index contributed by atoms with van der Waals surface area (Å²) in [4.78, 5) is 19.2. The average molecular weight is 303 g/mol. The number of carbonyl (C=O) groups excluding carboxylic acids is 1. The quantitative estimate of drug-likeness (QED) is 0.836. The minimum Gasteiger partial charge on any atom is -0.378 e. The van der Waals surface area contributed by atoms with Crippen LogP contribution in [0.5, 0.6) is 0 Å². The fourth-order valence-electron chi connectivity index (χ4n) is 3.21. The molecule has 5 nitrogen and oxygen atoms in total. The van der Waals surface area contributed by atoms with Crippen LogP contribution in [0.2, 0.25) is 0 Å². The Morgan fingerprint density at radius 1 is 1.00 bits per heavy atom. The van der Waals surface area contributed by atoms with Crippen LogP contribution in [0.1, 0.15) is 6.92 Å². The number of hydrogen-bond donors (Lipinski definition) is 0. The number of rotatable bonds is 3. The number of para-hydroxylation sites is 1. The second-order valence-corrected chi connectivity index (χ2v) is 5.97. The van der Waals surface area contributed by atoms with E-state index in [4.69, 9.17) is 4.74 Å². The first-order valence-corrected chi connectivity index (χ1v) is 8.16. The third kappa shape index (κ3) is 3.42. The average Bonchev–Trinajstić information content (AvgIpc) is 2.62. The number of morpholine rings is 1. The fourth-order valence-corrected chi connectivity index (χ4v) is 3.21. The number of nitrogens with zero attached hydrogens (tertiary/aromatic N) is 3. The van der Waals surface area contributed by atoms with Gasteiger partial charge in [-0.1, -0.05) is 18.2 Å². The van der Waals surface area contributed by atoms with Crippen LogP contribution in [-0.2, 0) is 9.53 Å². The molecule has 1 amide bonds. The van der Waals surface area contributed by atoms with Gasteiger partial charge in [0, 0.05) is 45.0 Å². The van der Waals surface area contributed by atoms with Gasteiger partial charge in [-0.3, -0.25) is 9.69 Å². The molecule has 1 aromatic rings. The molecule has 2 heterocycles. The van der Waals surface area contributed by atoms with Crippen molar-refractivity contribution in [3.05, 3.63) is 30.3 Å². The van der Waals surface area contributed by atoms with Crippen LogP contribution in [0.25, 0.3) is 0 Å². The number of amides is 1. The Labute approximate surface area is 132 Å². The van der Waals surface area contributed by atoms with Crippen molar-refractivity contribution in [1.29, 1.82) is 0 Å². The van der Waals surface area contributed by atoms with E-state index in [2.05, 4.69) is 34.1 Å². The maximum absolute atomic E-state index is 12.6. The fraction of sp³-hybridized carbons (Fsp3) is 0.588. The molecule has 0 radical (unpaired) electrons. The van der Waals surface area contributed by atoms with Crippen molar-refractivity contribution < 1.29 is 9.53 Å². The summed E-state index contributed by atoms with van der Waals surface area (Å²) < 4.78 is 5.32. The molecule has 2 aliphatic heterocycles. The highest BCUT2D eigenvalue weighted by Gasteiger charge is 2.29. The van der Waals surface area contributed by atoms with Gasteiger partial charge in [-0.05, 0) is 19.1 Å². The molecule has 2 saturated heterocycles. The van der Waals surface area contributed by atoms with Gasteiger partial charge in [-0.2, -0.15) is 0 Å². The first-order valence-electron chi connectivity index (χ1n) is 8.16. The lowest BCUT2D eigenvalue weighted by Crippen LogP contribution is -2.56. The molecule has 3 rings (SSSR count). The van der Waals surface area contributed by atoms with E-state index in [0.717, 1.165) is 39.3 Å². The number of ether oxygens (including phenoxy) is 1. The van der Waals surface area contributed by atoms with Crippen LogP contribution in [0.15, 0.2) is 30.3 Å². The van der Waals surface area contributed by atoms with Crippen LogP contribution >= 0.6 is 0 Å². The summed E-state index contributed by atoms with van der Waals surface area (Å²) in [6.07, 6.45) is 0. The Kier molecular flexibility index (Phi) is 4.95. The lowest BCUT2D eigenvalue weighted by atomic mass is 10.2. The molecular formula is C17H25N3O2. The molecule has 1 unspecified atom stereocenters. The highest BCUT2D eigenvalue weighted by molar-refractivity contribution is 5.81. The Balaban J connectivity index is 1.53. The molecule has 2 fully saturated rings. The van der Waals surface area contributed by atoms with Crippen molar-refractivity contribution >= 4 is 11.6 Å². The zero-order valence-electron chi connectivity index (χ0n) is 13.3. The number of carbonyl (C=O) groups is 1. The molecule has 1 aromatic carbocycles. The third-order valence-electron chi connectivity index (χ3n) is 4.66. The van der Waals surface area contributed by atoms with E-state index < -0.39 is 0 Å². The van der Waals surface area contributed by atoms with Crippen LogP contribution in [0, 0.1) is 0 Å². The smallest absolute Gasteiger partial charge is 0.239 e. The van der Waals surface area contributed by atoms with Gasteiger partial charge in [-0.15, -0.1) is 0 Å². The largest absolute Gasteiger partial charge is 0.378 e. The molecule has 5 heteroatoms. The minimum absolute atomic E-state index is 0.0315. The summed E-state index contributed by atoms with van der Waals surface area (Å²) in [6.45, 7) is 8.66. The van der Waals surface area contributed by atoms with Gasteiger partial charge in [0.2, 0.25) is 5.91 Å². The predicted molar refractivity (Wildman–Crippen MR) is 87.1 cm³/mol. The van der Waals surface area contributed by atoms with Crippen molar-refractivity contribution in [3.63, 3.8) is 0 Å². The van der Waals surface area contributed by atoms with E-state index in [-0.39, 0.29) is 11.9 Å². The summed E-state index contributed by atoms with van der Waals surface area (Å²) in [5, 5.41) is 0. The van der Waals surface area contributed by atoms with Crippen molar-refractivity contribution in [3.8, 4) is 0 Å². The van der Waals surface area contributed by atoms with Crippen molar-refractivity contribution in [1.82, 2.24) is 9.80 Å². The maximum Gasteiger partial charge on any atom is 0.239 e. The summed E-state index contributed by atoms with van der Waals surface area (Å²) in [7, 11) is 0. The molecule has 0 bridgehead atoms. The van der Waals surface area contributed by atoms with Crippen LogP contribution in [0.3, 0.4) is 0 Å². The number of benzene rings is 1. The molecule has 22 heavy (non-hydrogen) atoms. The van der Waals surface area contributed by atoms with Gasteiger partial charge in [0.15, 0.2) is 0 Å². The maximum atomic E-state index is 12.6. The first-order chi connectivity index (χ1) is 10.8. The predicted octanol–water partition coefficient (Wildman–Crippen LogP) is 1.06. The minimum atomic E-state index is -0.0315. The normalized spacial score (nSPS) is 21.7. The molecule has 0 N–H and O–H groups in total. The van der Waals surface area contributed by atoms with Crippen molar-refractivity contribution in [2.24, 2.45) is 0 Å².